The van der Waals surface area contributed by atoms with Crippen LogP contribution in [0, 0.1) is 0 Å². The fraction of sp³-hybridized carbons (Fsp3) is 0.636. The van der Waals surface area contributed by atoms with E-state index in [-0.39, 0.29) is 23.2 Å². The molecule has 0 atom stereocenters. The lowest BCUT2D eigenvalue weighted by Gasteiger charge is -2.39. The average Bonchev–Trinajstić information content (AvgIpc) is 2.98. The second-order valence-electron chi connectivity index (χ2n) is 10.5. The van der Waals surface area contributed by atoms with Gasteiger partial charge in [0.2, 0.25) is 0 Å². The van der Waals surface area contributed by atoms with Crippen molar-refractivity contribution < 1.29 is 18.8 Å². The van der Waals surface area contributed by atoms with Gasteiger partial charge in [-0.15, -0.1) is 0 Å². The molecule has 0 unspecified atom stereocenters. The number of aromatic nitrogens is 2. The minimum Gasteiger partial charge on any atom is -0.444 e. The van der Waals surface area contributed by atoms with Crippen LogP contribution in [0.1, 0.15) is 60.1 Å². The van der Waals surface area contributed by atoms with Crippen LogP contribution in [-0.4, -0.2) is 57.8 Å². The molecule has 0 radical (unpaired) electrons. The molecule has 2 fully saturated rings. The van der Waals surface area contributed by atoms with Crippen LogP contribution >= 0.6 is 0 Å². The van der Waals surface area contributed by atoms with E-state index in [0.29, 0.717) is 13.1 Å². The molecular formula is C22H32BN3O4. The van der Waals surface area contributed by atoms with Crippen LogP contribution in [0.4, 0.5) is 4.79 Å². The van der Waals surface area contributed by atoms with Crippen molar-refractivity contribution in [2.24, 2.45) is 7.05 Å². The maximum atomic E-state index is 12.3. The van der Waals surface area contributed by atoms with Gasteiger partial charge in [-0.25, -0.2) is 4.79 Å². The lowest BCUT2D eigenvalue weighted by molar-refractivity contribution is 0.00578. The van der Waals surface area contributed by atoms with Crippen molar-refractivity contribution in [1.29, 1.82) is 0 Å². The number of amides is 1. The number of fused-ring (bicyclic) bond motifs is 1. The monoisotopic (exact) mass is 413 g/mol. The number of hydrogen-bond donors (Lipinski definition) is 0. The third-order valence-electron chi connectivity index (χ3n) is 6.35. The van der Waals surface area contributed by atoms with E-state index in [4.69, 9.17) is 19.1 Å². The number of benzene rings is 1. The molecule has 30 heavy (non-hydrogen) atoms. The van der Waals surface area contributed by atoms with Gasteiger partial charge in [0.25, 0.3) is 0 Å². The first-order valence-corrected chi connectivity index (χ1v) is 10.6. The van der Waals surface area contributed by atoms with E-state index in [1.165, 1.54) is 0 Å². The first-order valence-electron chi connectivity index (χ1n) is 10.6. The summed E-state index contributed by atoms with van der Waals surface area (Å²) in [6.07, 6.45) is -0.267. The van der Waals surface area contributed by atoms with Gasteiger partial charge in [-0.1, -0.05) is 12.1 Å². The molecule has 7 nitrogen and oxygen atoms in total. The van der Waals surface area contributed by atoms with Gasteiger partial charge in [0, 0.05) is 31.4 Å². The number of carbonyl (C=O) groups excluding carboxylic acids is 1. The van der Waals surface area contributed by atoms with E-state index >= 15 is 0 Å². The van der Waals surface area contributed by atoms with Gasteiger partial charge >= 0.3 is 13.2 Å². The van der Waals surface area contributed by atoms with Crippen molar-refractivity contribution in [3.05, 3.63) is 23.9 Å². The van der Waals surface area contributed by atoms with Gasteiger partial charge in [0.1, 0.15) is 5.60 Å². The van der Waals surface area contributed by atoms with Gasteiger partial charge in [-0.3, -0.25) is 4.68 Å². The molecule has 3 heterocycles. The Morgan fingerprint density at radius 1 is 1.17 bits per heavy atom. The summed E-state index contributed by atoms with van der Waals surface area (Å²) in [6, 6.07) is 6.23. The van der Waals surface area contributed by atoms with Crippen molar-refractivity contribution in [3.63, 3.8) is 0 Å². The Balaban J connectivity index is 1.56. The molecule has 1 aromatic carbocycles. The first kappa shape index (κ1) is 21.2. The van der Waals surface area contributed by atoms with Crippen molar-refractivity contribution >= 4 is 29.6 Å². The van der Waals surface area contributed by atoms with E-state index in [1.807, 2.05) is 38.6 Å². The maximum absolute atomic E-state index is 12.3. The number of likely N-dealkylation sites (tertiary alicyclic amines) is 1. The predicted octanol–water partition coefficient (Wildman–Crippen LogP) is 3.21. The number of hydrogen-bond acceptors (Lipinski definition) is 5. The zero-order chi connectivity index (χ0) is 22.1. The molecular weight excluding hydrogens is 381 g/mol. The summed E-state index contributed by atoms with van der Waals surface area (Å²) in [4.78, 5) is 14.0. The number of nitrogens with zero attached hydrogens (tertiary/aromatic N) is 3. The van der Waals surface area contributed by atoms with E-state index in [9.17, 15) is 4.79 Å². The molecule has 2 saturated heterocycles. The van der Waals surface area contributed by atoms with E-state index in [2.05, 4.69) is 39.8 Å². The lowest BCUT2D eigenvalue weighted by atomic mass is 9.78. The predicted molar refractivity (Wildman–Crippen MR) is 117 cm³/mol. The zero-order valence-corrected chi connectivity index (χ0v) is 19.3. The standard InChI is InChI=1S/C22H32BN3O4/c1-20(2,3)28-19(27)26-12-14(13-26)18-16-11-15(9-10-17(16)25(8)24-18)23-29-21(4,5)22(6,7)30-23/h9-11,14H,12-13H2,1-8H3. The lowest BCUT2D eigenvalue weighted by Crippen LogP contribution is -2.50. The van der Waals surface area contributed by atoms with E-state index < -0.39 is 12.7 Å². The van der Waals surface area contributed by atoms with Crippen molar-refractivity contribution in [2.45, 2.75) is 71.2 Å². The minimum atomic E-state index is -0.488. The minimum absolute atomic E-state index is 0.190. The summed E-state index contributed by atoms with van der Waals surface area (Å²) < 4.78 is 19.8. The SMILES string of the molecule is Cn1nc(C2CN(C(=O)OC(C)(C)C)C2)c2cc(B3OC(C)(C)C(C)(C)O3)ccc21. The van der Waals surface area contributed by atoms with Gasteiger partial charge in [-0.2, -0.15) is 5.10 Å². The van der Waals surface area contributed by atoms with Gasteiger partial charge in [-0.05, 0) is 60.0 Å². The van der Waals surface area contributed by atoms with Gasteiger partial charge in [0.15, 0.2) is 0 Å². The molecule has 162 valence electrons. The smallest absolute Gasteiger partial charge is 0.444 e. The Bertz CT molecular complexity index is 970. The van der Waals surface area contributed by atoms with Crippen LogP contribution in [0.15, 0.2) is 18.2 Å². The van der Waals surface area contributed by atoms with Crippen LogP contribution in [0.25, 0.3) is 10.9 Å². The van der Waals surface area contributed by atoms with E-state index in [1.54, 1.807) is 4.90 Å². The molecule has 1 aromatic heterocycles. The molecule has 2 aliphatic heterocycles. The molecule has 0 saturated carbocycles. The summed E-state index contributed by atoms with van der Waals surface area (Å²) >= 11 is 0. The van der Waals surface area contributed by atoms with Crippen LogP contribution in [-0.2, 0) is 21.1 Å². The number of aryl methyl sites for hydroxylation is 1. The quantitative estimate of drug-likeness (QED) is 0.708. The topological polar surface area (TPSA) is 65.8 Å². The Morgan fingerprint density at radius 3 is 2.33 bits per heavy atom. The second-order valence-corrected chi connectivity index (χ2v) is 10.5. The highest BCUT2D eigenvalue weighted by Crippen LogP contribution is 2.37. The molecule has 8 heteroatoms. The van der Waals surface area contributed by atoms with Gasteiger partial charge in [0.05, 0.1) is 22.4 Å². The summed E-state index contributed by atoms with van der Waals surface area (Å²) in [5.74, 6) is 0.190. The molecule has 2 aromatic rings. The fourth-order valence-electron chi connectivity index (χ4n) is 3.86. The zero-order valence-electron chi connectivity index (χ0n) is 19.3. The summed E-state index contributed by atoms with van der Waals surface area (Å²) in [5.41, 5.74) is 1.79. The number of rotatable bonds is 2. The maximum Gasteiger partial charge on any atom is 0.494 e. The Morgan fingerprint density at radius 2 is 1.77 bits per heavy atom. The molecule has 2 aliphatic rings. The Hall–Kier alpha value is -2.06. The number of ether oxygens (including phenoxy) is 1. The summed E-state index contributed by atoms with van der Waals surface area (Å²) in [7, 11) is 1.54. The third-order valence-corrected chi connectivity index (χ3v) is 6.35. The Labute approximate surface area is 178 Å². The van der Waals surface area contributed by atoms with E-state index in [0.717, 1.165) is 22.1 Å². The van der Waals surface area contributed by atoms with Gasteiger partial charge < -0.3 is 18.9 Å². The molecule has 1 amide bonds. The van der Waals surface area contributed by atoms with Crippen LogP contribution < -0.4 is 5.46 Å². The normalized spacial score (nSPS) is 21.2. The van der Waals surface area contributed by atoms with Crippen LogP contribution in [0.5, 0.6) is 0 Å². The molecule has 4 rings (SSSR count). The Kier molecular flexibility index (Phi) is 4.75. The first-order chi connectivity index (χ1) is 13.8. The molecule has 0 spiro atoms. The van der Waals surface area contributed by atoms with Crippen LogP contribution in [0.3, 0.4) is 0 Å². The second kappa shape index (κ2) is 6.72. The van der Waals surface area contributed by atoms with Crippen LogP contribution in [0.2, 0.25) is 0 Å². The fourth-order valence-corrected chi connectivity index (χ4v) is 3.86. The molecule has 0 N–H and O–H groups in total. The highest BCUT2D eigenvalue weighted by Gasteiger charge is 2.51. The van der Waals surface area contributed by atoms with Crippen molar-refractivity contribution in [3.8, 4) is 0 Å². The molecule has 0 bridgehead atoms. The van der Waals surface area contributed by atoms with Crippen molar-refractivity contribution in [2.75, 3.05) is 13.1 Å². The average molecular weight is 413 g/mol. The third kappa shape index (κ3) is 3.60. The molecule has 0 aliphatic carbocycles. The summed E-state index contributed by atoms with van der Waals surface area (Å²) in [6.45, 7) is 15.1. The summed E-state index contributed by atoms with van der Waals surface area (Å²) in [5, 5.41) is 5.84. The number of carbonyl (C=O) groups is 1. The highest BCUT2D eigenvalue weighted by atomic mass is 16.7. The highest BCUT2D eigenvalue weighted by molar-refractivity contribution is 6.62. The van der Waals surface area contributed by atoms with Crippen molar-refractivity contribution in [1.82, 2.24) is 14.7 Å². The largest absolute Gasteiger partial charge is 0.494 e.